The van der Waals surface area contributed by atoms with E-state index in [-0.39, 0.29) is 22.4 Å². The molecule has 18 heavy (non-hydrogen) atoms. The molecular weight excluding hydrogens is 224 g/mol. The molecule has 4 unspecified atom stereocenters. The maximum atomic E-state index is 12.7. The summed E-state index contributed by atoms with van der Waals surface area (Å²) in [6, 6.07) is 0. The standard InChI is InChI=1S/C16H12O2/c17-11-5-6-12(18)16-8-2-1-7-13(8)14-9(15(7,11)16)3-4-10(14)16/h1-10,13-14H/t7-,8-,9-,10+,13?,14?,15?,16?/m0/s1. The van der Waals surface area contributed by atoms with Crippen molar-refractivity contribution in [1.82, 2.24) is 0 Å². The van der Waals surface area contributed by atoms with Crippen LogP contribution in [0.25, 0.3) is 0 Å². The largest absolute Gasteiger partial charge is 0.294 e. The third kappa shape index (κ3) is 0.434. The van der Waals surface area contributed by atoms with Crippen molar-refractivity contribution in [3.8, 4) is 0 Å². The molecule has 0 saturated heterocycles. The van der Waals surface area contributed by atoms with Crippen LogP contribution in [0.5, 0.6) is 0 Å². The van der Waals surface area contributed by atoms with Gasteiger partial charge in [-0.1, -0.05) is 24.3 Å². The third-order valence-corrected chi connectivity index (χ3v) is 7.14. The molecule has 0 radical (unpaired) electrons. The summed E-state index contributed by atoms with van der Waals surface area (Å²) in [6.07, 6.45) is 12.1. The first-order valence-electron chi connectivity index (χ1n) is 6.89. The quantitative estimate of drug-likeness (QED) is 0.598. The lowest BCUT2D eigenvalue weighted by Crippen LogP contribution is -2.58. The van der Waals surface area contributed by atoms with E-state index >= 15 is 0 Å². The minimum atomic E-state index is -0.368. The minimum absolute atomic E-state index is 0.239. The van der Waals surface area contributed by atoms with E-state index in [1.807, 2.05) is 0 Å². The predicted molar refractivity (Wildman–Crippen MR) is 63.2 cm³/mol. The van der Waals surface area contributed by atoms with Gasteiger partial charge < -0.3 is 0 Å². The summed E-state index contributed by atoms with van der Waals surface area (Å²) in [5.41, 5.74) is -0.736. The molecule has 0 amide bonds. The van der Waals surface area contributed by atoms with Gasteiger partial charge in [0.25, 0.3) is 0 Å². The molecule has 7 aliphatic rings. The highest BCUT2D eigenvalue weighted by Gasteiger charge is 2.92. The molecule has 4 fully saturated rings. The highest BCUT2D eigenvalue weighted by molar-refractivity contribution is 6.15. The zero-order chi connectivity index (χ0) is 11.9. The summed E-state index contributed by atoms with van der Waals surface area (Å²) in [7, 11) is 0. The van der Waals surface area contributed by atoms with E-state index < -0.39 is 0 Å². The number of rotatable bonds is 0. The number of carbonyl (C=O) groups is 2. The van der Waals surface area contributed by atoms with Gasteiger partial charge in [0, 0.05) is 0 Å². The highest BCUT2D eigenvalue weighted by atomic mass is 16.1. The maximum absolute atomic E-state index is 12.7. The zero-order valence-electron chi connectivity index (χ0n) is 9.74. The highest BCUT2D eigenvalue weighted by Crippen LogP contribution is 2.90. The first-order valence-corrected chi connectivity index (χ1v) is 6.89. The molecule has 0 aromatic carbocycles. The van der Waals surface area contributed by atoms with Crippen LogP contribution < -0.4 is 0 Å². The number of allylic oxidation sites excluding steroid dienone is 6. The Morgan fingerprint density at radius 3 is 1.33 bits per heavy atom. The number of hydrogen-bond donors (Lipinski definition) is 0. The Kier molecular flexibility index (Phi) is 0.961. The molecule has 0 aliphatic heterocycles. The zero-order valence-corrected chi connectivity index (χ0v) is 9.74. The normalized spacial score (nSPS) is 66.9. The van der Waals surface area contributed by atoms with Crippen molar-refractivity contribution in [2.45, 2.75) is 0 Å². The van der Waals surface area contributed by atoms with Gasteiger partial charge in [0.2, 0.25) is 0 Å². The fourth-order valence-electron chi connectivity index (χ4n) is 7.26. The van der Waals surface area contributed by atoms with Crippen molar-refractivity contribution >= 4 is 11.6 Å². The molecule has 4 saturated carbocycles. The van der Waals surface area contributed by atoms with E-state index in [0.717, 1.165) is 0 Å². The molecule has 2 spiro atoms. The Labute approximate surface area is 104 Å². The molecule has 8 bridgehead atoms. The van der Waals surface area contributed by atoms with Gasteiger partial charge in [0.05, 0.1) is 10.8 Å². The van der Waals surface area contributed by atoms with Gasteiger partial charge >= 0.3 is 0 Å². The van der Waals surface area contributed by atoms with Gasteiger partial charge in [0.1, 0.15) is 0 Å². The first-order chi connectivity index (χ1) is 8.75. The Balaban J connectivity index is 1.85. The molecule has 0 N–H and O–H groups in total. The van der Waals surface area contributed by atoms with Gasteiger partial charge in [0.15, 0.2) is 11.6 Å². The summed E-state index contributed by atoms with van der Waals surface area (Å²) in [4.78, 5) is 25.4. The summed E-state index contributed by atoms with van der Waals surface area (Å²) < 4.78 is 0. The van der Waals surface area contributed by atoms with E-state index in [2.05, 4.69) is 24.3 Å². The second-order valence-corrected chi connectivity index (χ2v) is 6.83. The van der Waals surface area contributed by atoms with Crippen LogP contribution in [0.15, 0.2) is 36.5 Å². The molecule has 2 heteroatoms. The van der Waals surface area contributed by atoms with Gasteiger partial charge in [-0.05, 0) is 47.7 Å². The molecule has 0 heterocycles. The van der Waals surface area contributed by atoms with E-state index in [4.69, 9.17) is 0 Å². The molecule has 7 rings (SSSR count). The Morgan fingerprint density at radius 2 is 1.00 bits per heavy atom. The SMILES string of the molecule is O=C1C=CC(=O)C23[C@H]4C=C[C@@H]5C4C4[C@H](C=C[C@@H]42)C153. The fraction of sp³-hybridized carbons (Fsp3) is 0.500. The van der Waals surface area contributed by atoms with E-state index in [1.165, 1.54) is 0 Å². The summed E-state index contributed by atoms with van der Waals surface area (Å²) >= 11 is 0. The van der Waals surface area contributed by atoms with Gasteiger partial charge in [-0.15, -0.1) is 0 Å². The van der Waals surface area contributed by atoms with Crippen molar-refractivity contribution in [2.24, 2.45) is 46.3 Å². The van der Waals surface area contributed by atoms with E-state index in [0.29, 0.717) is 35.5 Å². The average Bonchev–Trinajstić information content (AvgIpc) is 3.09. The number of hydrogen-bond acceptors (Lipinski definition) is 2. The van der Waals surface area contributed by atoms with Crippen LogP contribution in [0.4, 0.5) is 0 Å². The van der Waals surface area contributed by atoms with Crippen LogP contribution in [-0.4, -0.2) is 11.6 Å². The molecule has 88 valence electrons. The van der Waals surface area contributed by atoms with Crippen LogP contribution in [0.1, 0.15) is 0 Å². The molecule has 0 aromatic heterocycles. The summed E-state index contributed by atoms with van der Waals surface area (Å²) in [5, 5.41) is 0. The lowest BCUT2D eigenvalue weighted by atomic mass is 9.48. The monoisotopic (exact) mass is 236 g/mol. The van der Waals surface area contributed by atoms with Crippen LogP contribution in [-0.2, 0) is 9.59 Å². The number of ketones is 2. The Bertz CT molecular complexity index is 566. The van der Waals surface area contributed by atoms with Crippen molar-refractivity contribution in [3.63, 3.8) is 0 Å². The van der Waals surface area contributed by atoms with Crippen molar-refractivity contribution in [2.75, 3.05) is 0 Å². The molecule has 2 nitrogen and oxygen atoms in total. The smallest absolute Gasteiger partial charge is 0.164 e. The predicted octanol–water partition coefficient (Wildman–Crippen LogP) is 1.54. The van der Waals surface area contributed by atoms with Crippen LogP contribution >= 0.6 is 0 Å². The van der Waals surface area contributed by atoms with Gasteiger partial charge in [-0.2, -0.15) is 0 Å². The lowest BCUT2D eigenvalue weighted by Gasteiger charge is -2.51. The molecule has 7 aliphatic carbocycles. The summed E-state index contributed by atoms with van der Waals surface area (Å²) in [6.45, 7) is 0. The number of carbonyl (C=O) groups excluding carboxylic acids is 2. The lowest BCUT2D eigenvalue weighted by molar-refractivity contribution is -0.149. The Morgan fingerprint density at radius 1 is 0.667 bits per heavy atom. The van der Waals surface area contributed by atoms with E-state index in [9.17, 15) is 9.59 Å². The third-order valence-electron chi connectivity index (χ3n) is 7.14. The Hall–Kier alpha value is -1.44. The van der Waals surface area contributed by atoms with Crippen molar-refractivity contribution in [3.05, 3.63) is 36.5 Å². The molecule has 8 atom stereocenters. The van der Waals surface area contributed by atoms with Gasteiger partial charge in [-0.3, -0.25) is 9.59 Å². The first kappa shape index (κ1) is 8.63. The molecule has 0 aromatic rings. The van der Waals surface area contributed by atoms with Crippen molar-refractivity contribution < 1.29 is 9.59 Å². The van der Waals surface area contributed by atoms with Crippen LogP contribution in [0.3, 0.4) is 0 Å². The van der Waals surface area contributed by atoms with Crippen LogP contribution in [0, 0.1) is 46.3 Å². The van der Waals surface area contributed by atoms with Gasteiger partial charge in [-0.25, -0.2) is 0 Å². The molecular formula is C16H12O2. The average molecular weight is 236 g/mol. The maximum Gasteiger partial charge on any atom is 0.164 e. The second-order valence-electron chi connectivity index (χ2n) is 6.83. The second kappa shape index (κ2) is 2.01. The van der Waals surface area contributed by atoms with E-state index in [1.54, 1.807) is 12.2 Å². The topological polar surface area (TPSA) is 34.1 Å². The fourth-order valence-corrected chi connectivity index (χ4v) is 7.26. The van der Waals surface area contributed by atoms with Crippen molar-refractivity contribution in [1.29, 1.82) is 0 Å². The summed E-state index contributed by atoms with van der Waals surface area (Å²) in [5.74, 6) is 3.01. The van der Waals surface area contributed by atoms with Crippen LogP contribution in [0.2, 0.25) is 0 Å². The minimum Gasteiger partial charge on any atom is -0.294 e.